The highest BCUT2D eigenvalue weighted by molar-refractivity contribution is 5.84. The van der Waals surface area contributed by atoms with Crippen molar-refractivity contribution in [1.29, 1.82) is 0 Å². The highest BCUT2D eigenvalue weighted by Gasteiger charge is 2.25. The Bertz CT molecular complexity index is 2220. The summed E-state index contributed by atoms with van der Waals surface area (Å²) in [5.74, 6) is 0.710. The van der Waals surface area contributed by atoms with Crippen LogP contribution in [-0.2, 0) is 14.1 Å². The number of fused-ring (bicyclic) bond motifs is 2. The van der Waals surface area contributed by atoms with Gasteiger partial charge in [0.15, 0.2) is 0 Å². The second kappa shape index (κ2) is 13.5. The van der Waals surface area contributed by atoms with Gasteiger partial charge in [-0.25, -0.2) is 4.39 Å². The molecule has 2 atom stereocenters. The Morgan fingerprint density at radius 2 is 1.20 bits per heavy atom. The Hall–Kier alpha value is -4.37. The van der Waals surface area contributed by atoms with E-state index < -0.39 is 0 Å². The summed E-state index contributed by atoms with van der Waals surface area (Å²) in [6.45, 7) is 20.0. The molecule has 0 amide bonds. The molecule has 2 nitrogen and oxygen atoms in total. The van der Waals surface area contributed by atoms with Crippen LogP contribution in [0.25, 0.3) is 44.3 Å². The fraction of sp³-hybridized carbons (Fsp3) is 0.348. The average molecular weight is 653 g/mol. The van der Waals surface area contributed by atoms with Crippen LogP contribution >= 0.6 is 0 Å². The van der Waals surface area contributed by atoms with E-state index in [9.17, 15) is 0 Å². The molecule has 2 unspecified atom stereocenters. The Kier molecular flexibility index (Phi) is 9.50. The van der Waals surface area contributed by atoms with Crippen LogP contribution in [0.15, 0.2) is 78.9 Å². The largest absolute Gasteiger partial charge is 0.213 e. The third-order valence-corrected chi connectivity index (χ3v) is 11.2. The van der Waals surface area contributed by atoms with E-state index in [0.717, 1.165) is 35.0 Å². The first-order valence-corrected chi connectivity index (χ1v) is 18.0. The van der Waals surface area contributed by atoms with E-state index in [4.69, 9.17) is 0 Å². The standard InChI is InChI=1S/C46H53FN2/c1-27(2)38-25-35(26-45-36(38)16-19-44(49(45)11)40-24-29(4)22-33(8)34(40)9)30(5)14-15-32(7)46-37-17-20-43(39-23-28(3)12-13-31(39)6)48(10)42(37)21-18-41(46)47/h12-13,16-27,30,32H,14-15H2,1-11H3/q+2. The van der Waals surface area contributed by atoms with Crippen molar-refractivity contribution in [1.82, 2.24) is 0 Å². The first kappa shape index (κ1) is 34.5. The van der Waals surface area contributed by atoms with Gasteiger partial charge in [0.1, 0.15) is 19.9 Å². The van der Waals surface area contributed by atoms with Crippen molar-refractivity contribution in [3.8, 4) is 22.5 Å². The molecule has 0 spiro atoms. The molecule has 0 aliphatic heterocycles. The molecule has 4 aromatic carbocycles. The lowest BCUT2D eigenvalue weighted by Crippen LogP contribution is -2.32. The quantitative estimate of drug-likeness (QED) is 0.145. The van der Waals surface area contributed by atoms with Gasteiger partial charge in [0, 0.05) is 46.3 Å². The van der Waals surface area contributed by atoms with Crippen molar-refractivity contribution in [2.24, 2.45) is 14.1 Å². The molecule has 49 heavy (non-hydrogen) atoms. The smallest absolute Gasteiger partial charge is 0.207 e. The minimum atomic E-state index is -0.110. The maximum absolute atomic E-state index is 15.7. The molecule has 6 aromatic rings. The molecule has 0 aliphatic carbocycles. The van der Waals surface area contributed by atoms with Crippen molar-refractivity contribution in [3.05, 3.63) is 129 Å². The number of benzene rings is 4. The molecule has 3 heteroatoms. The van der Waals surface area contributed by atoms with Crippen LogP contribution in [0.2, 0.25) is 0 Å². The van der Waals surface area contributed by atoms with E-state index in [2.05, 4.69) is 152 Å². The van der Waals surface area contributed by atoms with Gasteiger partial charge in [0.25, 0.3) is 0 Å². The van der Waals surface area contributed by atoms with Crippen LogP contribution < -0.4 is 9.13 Å². The number of nitrogens with zero attached hydrogens (tertiary/aromatic N) is 2. The minimum absolute atomic E-state index is 0.0815. The van der Waals surface area contributed by atoms with Crippen LogP contribution in [-0.4, -0.2) is 0 Å². The zero-order chi connectivity index (χ0) is 35.3. The topological polar surface area (TPSA) is 7.76 Å². The first-order valence-electron chi connectivity index (χ1n) is 18.0. The number of halogens is 1. The first-order chi connectivity index (χ1) is 23.3. The number of rotatable bonds is 8. The summed E-state index contributed by atoms with van der Waals surface area (Å²) in [5.41, 5.74) is 17.2. The second-order valence-electron chi connectivity index (χ2n) is 15.1. The summed E-state index contributed by atoms with van der Waals surface area (Å²) in [6, 6.07) is 28.5. The zero-order valence-corrected chi connectivity index (χ0v) is 31.4. The Labute approximate surface area is 293 Å². The van der Waals surface area contributed by atoms with Crippen LogP contribution in [0.4, 0.5) is 4.39 Å². The summed E-state index contributed by atoms with van der Waals surface area (Å²) >= 11 is 0. The fourth-order valence-corrected chi connectivity index (χ4v) is 7.95. The van der Waals surface area contributed by atoms with Crippen molar-refractivity contribution >= 4 is 21.8 Å². The van der Waals surface area contributed by atoms with E-state index in [0.29, 0.717) is 11.8 Å². The summed E-state index contributed by atoms with van der Waals surface area (Å²) in [6.07, 6.45) is 1.88. The Morgan fingerprint density at radius 3 is 1.92 bits per heavy atom. The van der Waals surface area contributed by atoms with E-state index in [1.54, 1.807) is 6.07 Å². The molecule has 0 saturated carbocycles. The van der Waals surface area contributed by atoms with Crippen LogP contribution in [0, 0.1) is 40.4 Å². The molecular weight excluding hydrogens is 600 g/mol. The maximum Gasteiger partial charge on any atom is 0.213 e. The fourth-order valence-electron chi connectivity index (χ4n) is 7.95. The van der Waals surface area contributed by atoms with Gasteiger partial charge in [-0.15, -0.1) is 0 Å². The van der Waals surface area contributed by atoms with E-state index in [-0.39, 0.29) is 11.7 Å². The molecule has 0 bridgehead atoms. The van der Waals surface area contributed by atoms with Crippen LogP contribution in [0.5, 0.6) is 0 Å². The molecule has 0 aliphatic rings. The van der Waals surface area contributed by atoms with E-state index >= 15 is 4.39 Å². The number of aryl methyl sites for hydroxylation is 6. The van der Waals surface area contributed by atoms with E-state index in [1.807, 2.05) is 6.07 Å². The predicted octanol–water partition coefficient (Wildman–Crippen LogP) is 11.5. The SMILES string of the molecule is Cc1ccc(C)c(-c2ccc3c(C(C)CCC(C)c4cc(C(C)C)c5ccc(-c6cc(C)cc(C)c6C)[n+](C)c5c4)c(F)ccc3[n+]2C)c1. The number of hydrogen-bond acceptors (Lipinski definition) is 0. The van der Waals surface area contributed by atoms with Gasteiger partial charge in [-0.3, -0.25) is 0 Å². The summed E-state index contributed by atoms with van der Waals surface area (Å²) in [4.78, 5) is 0. The minimum Gasteiger partial charge on any atom is -0.207 e. The molecule has 0 saturated heterocycles. The number of pyridine rings is 2. The Balaban J connectivity index is 1.33. The molecule has 252 valence electrons. The zero-order valence-electron chi connectivity index (χ0n) is 31.4. The lowest BCUT2D eigenvalue weighted by atomic mass is 9.85. The van der Waals surface area contributed by atoms with Crippen LogP contribution in [0.1, 0.15) is 103 Å². The number of aromatic nitrogens is 2. The van der Waals surface area contributed by atoms with Gasteiger partial charge in [0.2, 0.25) is 22.4 Å². The lowest BCUT2D eigenvalue weighted by Gasteiger charge is -2.20. The molecule has 2 aromatic heterocycles. The molecule has 0 fully saturated rings. The van der Waals surface area contributed by atoms with Crippen molar-refractivity contribution in [2.75, 3.05) is 0 Å². The molecule has 2 heterocycles. The van der Waals surface area contributed by atoms with Crippen LogP contribution in [0.3, 0.4) is 0 Å². The van der Waals surface area contributed by atoms with E-state index in [1.165, 1.54) is 66.7 Å². The molecule has 0 N–H and O–H groups in total. The van der Waals surface area contributed by atoms with Gasteiger partial charge < -0.3 is 0 Å². The molecule has 0 radical (unpaired) electrons. The predicted molar refractivity (Wildman–Crippen MR) is 205 cm³/mol. The maximum atomic E-state index is 15.7. The average Bonchev–Trinajstić information content (AvgIpc) is 3.06. The third kappa shape index (κ3) is 6.41. The Morgan fingerprint density at radius 1 is 0.571 bits per heavy atom. The van der Waals surface area contributed by atoms with Crippen molar-refractivity contribution < 1.29 is 13.5 Å². The van der Waals surface area contributed by atoms with Gasteiger partial charge in [-0.1, -0.05) is 63.1 Å². The summed E-state index contributed by atoms with van der Waals surface area (Å²) in [5, 5.41) is 2.32. The molecule has 6 rings (SSSR count). The third-order valence-electron chi connectivity index (χ3n) is 11.2. The van der Waals surface area contributed by atoms with Gasteiger partial charge in [0.05, 0.1) is 5.39 Å². The van der Waals surface area contributed by atoms with Gasteiger partial charge in [-0.2, -0.15) is 9.13 Å². The lowest BCUT2D eigenvalue weighted by molar-refractivity contribution is -0.633. The van der Waals surface area contributed by atoms with Gasteiger partial charge >= 0.3 is 0 Å². The van der Waals surface area contributed by atoms with Crippen molar-refractivity contribution in [3.63, 3.8) is 0 Å². The highest BCUT2D eigenvalue weighted by Crippen LogP contribution is 2.37. The number of hydrogen-bond donors (Lipinski definition) is 0. The molecular formula is C46H53FN2+2. The summed E-state index contributed by atoms with van der Waals surface area (Å²) in [7, 11) is 4.32. The second-order valence-corrected chi connectivity index (χ2v) is 15.1. The normalized spacial score (nSPS) is 13.1. The highest BCUT2D eigenvalue weighted by atomic mass is 19.1. The van der Waals surface area contributed by atoms with Crippen molar-refractivity contribution in [2.45, 2.75) is 92.9 Å². The summed E-state index contributed by atoms with van der Waals surface area (Å²) < 4.78 is 20.3. The monoisotopic (exact) mass is 652 g/mol. The van der Waals surface area contributed by atoms with Gasteiger partial charge in [-0.05, 0) is 123 Å².